The number of methoxy groups -OCH3 is 1. The maximum atomic E-state index is 14.5. The van der Waals surface area contributed by atoms with Gasteiger partial charge in [0.05, 0.1) is 29.3 Å². The number of ether oxygens (including phenoxy) is 1. The summed E-state index contributed by atoms with van der Waals surface area (Å²) in [5.74, 6) is 1.56. The second-order valence-corrected chi connectivity index (χ2v) is 7.82. The van der Waals surface area contributed by atoms with E-state index in [1.807, 2.05) is 0 Å². The van der Waals surface area contributed by atoms with E-state index in [1.54, 1.807) is 0 Å². The first-order chi connectivity index (χ1) is 16.2. The lowest BCUT2D eigenvalue weighted by Crippen LogP contribution is -2.56. The van der Waals surface area contributed by atoms with Crippen molar-refractivity contribution in [3.05, 3.63) is 47.9 Å². The number of alkyl halides is 3. The molecule has 0 bridgehead atoms. The molecular formula is C24H16F4N4O2. The fraction of sp³-hybridized carbons (Fsp3) is 0.208. The Bertz CT molecular complexity index is 1500. The first kappa shape index (κ1) is 21.7. The number of anilines is 1. The van der Waals surface area contributed by atoms with Crippen molar-refractivity contribution in [3.8, 4) is 35.4 Å². The van der Waals surface area contributed by atoms with Crippen LogP contribution in [0.2, 0.25) is 0 Å². The average molecular weight is 468 g/mol. The summed E-state index contributed by atoms with van der Waals surface area (Å²) < 4.78 is 60.3. The van der Waals surface area contributed by atoms with Crippen molar-refractivity contribution in [3.63, 3.8) is 0 Å². The maximum absolute atomic E-state index is 14.5. The van der Waals surface area contributed by atoms with Gasteiger partial charge in [-0.05, 0) is 36.1 Å². The molecule has 2 aromatic heterocycles. The molecule has 0 saturated carbocycles. The second kappa shape index (κ2) is 7.73. The Morgan fingerprint density at radius 3 is 2.65 bits per heavy atom. The molecule has 1 aliphatic rings. The molecule has 172 valence electrons. The van der Waals surface area contributed by atoms with E-state index in [0.717, 1.165) is 4.90 Å². The van der Waals surface area contributed by atoms with Gasteiger partial charge < -0.3 is 14.7 Å². The molecule has 0 spiro atoms. The molecule has 0 radical (unpaired) electrons. The van der Waals surface area contributed by atoms with E-state index in [-0.39, 0.29) is 52.9 Å². The molecule has 2 aromatic carbocycles. The van der Waals surface area contributed by atoms with Gasteiger partial charge in [-0.25, -0.2) is 14.4 Å². The third kappa shape index (κ3) is 3.41. The fourth-order valence-electron chi connectivity index (χ4n) is 4.20. The number of pyridine rings is 1. The molecule has 34 heavy (non-hydrogen) atoms. The van der Waals surface area contributed by atoms with Crippen molar-refractivity contribution < 1.29 is 27.4 Å². The van der Waals surface area contributed by atoms with Crippen LogP contribution in [0.3, 0.4) is 0 Å². The van der Waals surface area contributed by atoms with Crippen LogP contribution in [0, 0.1) is 18.2 Å². The average Bonchev–Trinajstić information content (AvgIpc) is 2.76. The van der Waals surface area contributed by atoms with Crippen molar-refractivity contribution in [1.82, 2.24) is 15.0 Å². The Hall–Kier alpha value is -4.13. The molecule has 6 nitrogen and oxygen atoms in total. The molecule has 0 aliphatic carbocycles. The molecule has 5 rings (SSSR count). The summed E-state index contributed by atoms with van der Waals surface area (Å²) in [6, 6.07) is 5.23. The van der Waals surface area contributed by atoms with Crippen LogP contribution in [-0.2, 0) is 0 Å². The minimum atomic E-state index is -4.45. The Balaban J connectivity index is 1.83. The largest absolute Gasteiger partial charge is 0.508 e. The minimum absolute atomic E-state index is 0.0164. The monoisotopic (exact) mass is 468 g/mol. The standard InChI is InChI=1S/C24H16F4N4O2/c1-3-14-17(25)5-4-12-8-13(33)9-15(21(12)14)18-10-19-16(11-29-23(31-19)34-2)22(30-18)32-7-6-20(32)24(26,27)28/h1,4-5,8-11,20,33H,6-7H2,2H3. The van der Waals surface area contributed by atoms with Crippen LogP contribution in [0.1, 0.15) is 12.0 Å². The number of phenols is 1. The van der Waals surface area contributed by atoms with Crippen molar-refractivity contribution >= 4 is 27.5 Å². The second-order valence-electron chi connectivity index (χ2n) is 7.82. The van der Waals surface area contributed by atoms with Gasteiger partial charge in [-0.2, -0.15) is 18.2 Å². The number of benzene rings is 2. The predicted molar refractivity (Wildman–Crippen MR) is 118 cm³/mol. The summed E-state index contributed by atoms with van der Waals surface area (Å²) in [5.41, 5.74) is 0.648. The molecular weight excluding hydrogens is 452 g/mol. The number of rotatable bonds is 3. The Labute approximate surface area is 190 Å². The maximum Gasteiger partial charge on any atom is 0.408 e. The number of hydrogen-bond acceptors (Lipinski definition) is 6. The molecule has 0 amide bonds. The van der Waals surface area contributed by atoms with Gasteiger partial charge in [0, 0.05) is 23.7 Å². The molecule has 1 N–H and O–H groups in total. The smallest absolute Gasteiger partial charge is 0.408 e. The van der Waals surface area contributed by atoms with Gasteiger partial charge in [0.15, 0.2) is 0 Å². The highest BCUT2D eigenvalue weighted by molar-refractivity contribution is 6.03. The van der Waals surface area contributed by atoms with E-state index < -0.39 is 18.0 Å². The van der Waals surface area contributed by atoms with Crippen molar-refractivity contribution in [1.29, 1.82) is 0 Å². The number of aromatic hydroxyl groups is 1. The number of phenolic OH excluding ortho intramolecular Hbond substituents is 1. The molecule has 1 atom stereocenters. The highest BCUT2D eigenvalue weighted by Crippen LogP contribution is 2.42. The van der Waals surface area contributed by atoms with Crippen LogP contribution in [0.4, 0.5) is 23.4 Å². The number of aromatic nitrogens is 3. The van der Waals surface area contributed by atoms with Crippen LogP contribution in [0.25, 0.3) is 32.9 Å². The lowest BCUT2D eigenvalue weighted by molar-refractivity contribution is -0.159. The number of fused-ring (bicyclic) bond motifs is 2. The summed E-state index contributed by atoms with van der Waals surface area (Å²) in [5, 5.41) is 11.4. The molecule has 1 fully saturated rings. The van der Waals surface area contributed by atoms with Crippen molar-refractivity contribution in [2.75, 3.05) is 18.6 Å². The number of terminal acetylenes is 1. The summed E-state index contributed by atoms with van der Waals surface area (Å²) in [6.07, 6.45) is 2.39. The zero-order valence-electron chi connectivity index (χ0n) is 17.7. The third-order valence-electron chi connectivity index (χ3n) is 5.86. The van der Waals surface area contributed by atoms with Gasteiger partial charge in [-0.15, -0.1) is 6.42 Å². The molecule has 1 unspecified atom stereocenters. The highest BCUT2D eigenvalue weighted by atomic mass is 19.4. The number of halogens is 4. The fourth-order valence-corrected chi connectivity index (χ4v) is 4.20. The van der Waals surface area contributed by atoms with Crippen LogP contribution in [0.15, 0.2) is 36.5 Å². The van der Waals surface area contributed by atoms with Crippen LogP contribution < -0.4 is 9.64 Å². The summed E-state index contributed by atoms with van der Waals surface area (Å²) in [7, 11) is 1.37. The molecule has 3 heterocycles. The first-order valence-electron chi connectivity index (χ1n) is 10.2. The van der Waals surface area contributed by atoms with Gasteiger partial charge in [-0.3, -0.25) is 0 Å². The van der Waals surface area contributed by atoms with Crippen molar-refractivity contribution in [2.45, 2.75) is 18.6 Å². The Morgan fingerprint density at radius 2 is 2.00 bits per heavy atom. The van der Waals surface area contributed by atoms with Gasteiger partial charge in [0.25, 0.3) is 0 Å². The quantitative estimate of drug-likeness (QED) is 0.343. The van der Waals surface area contributed by atoms with Crippen molar-refractivity contribution in [2.24, 2.45) is 0 Å². The first-order valence-corrected chi connectivity index (χ1v) is 10.2. The van der Waals surface area contributed by atoms with Crippen LogP contribution >= 0.6 is 0 Å². The molecule has 10 heteroatoms. The Kier molecular flexibility index (Phi) is 4.93. The van der Waals surface area contributed by atoms with E-state index in [4.69, 9.17) is 11.2 Å². The normalized spacial score (nSPS) is 15.9. The minimum Gasteiger partial charge on any atom is -0.508 e. The lowest BCUT2D eigenvalue weighted by Gasteiger charge is -2.43. The van der Waals surface area contributed by atoms with E-state index in [1.165, 1.54) is 43.6 Å². The third-order valence-corrected chi connectivity index (χ3v) is 5.86. The topological polar surface area (TPSA) is 71.4 Å². The van der Waals surface area contributed by atoms with Gasteiger partial charge in [0.2, 0.25) is 0 Å². The molecule has 1 aliphatic heterocycles. The van der Waals surface area contributed by atoms with E-state index in [0.29, 0.717) is 16.2 Å². The molecule has 4 aromatic rings. The Morgan fingerprint density at radius 1 is 1.21 bits per heavy atom. The zero-order chi connectivity index (χ0) is 24.2. The van der Waals surface area contributed by atoms with Gasteiger partial charge >= 0.3 is 12.2 Å². The summed E-state index contributed by atoms with van der Waals surface area (Å²) >= 11 is 0. The SMILES string of the molecule is C#Cc1c(F)ccc2cc(O)cc(-c3cc4nc(OC)ncc4c(N4CCC4C(F)(F)F)n3)c12. The van der Waals surface area contributed by atoms with Crippen LogP contribution in [0.5, 0.6) is 11.8 Å². The summed E-state index contributed by atoms with van der Waals surface area (Å²) in [4.78, 5) is 13.9. The van der Waals surface area contributed by atoms with E-state index in [2.05, 4.69) is 20.9 Å². The predicted octanol–water partition coefficient (Wildman–Crippen LogP) is 4.82. The number of nitrogens with zero attached hydrogens (tertiary/aromatic N) is 4. The number of hydrogen-bond donors (Lipinski definition) is 1. The van der Waals surface area contributed by atoms with Gasteiger partial charge in [-0.1, -0.05) is 12.0 Å². The van der Waals surface area contributed by atoms with Crippen LogP contribution in [-0.4, -0.2) is 45.9 Å². The highest BCUT2D eigenvalue weighted by Gasteiger charge is 2.49. The lowest BCUT2D eigenvalue weighted by atomic mass is 9.95. The van der Waals surface area contributed by atoms with Gasteiger partial charge in [0.1, 0.15) is 23.4 Å². The molecule has 1 saturated heterocycles. The van der Waals surface area contributed by atoms with E-state index in [9.17, 15) is 22.7 Å². The zero-order valence-corrected chi connectivity index (χ0v) is 17.7. The summed E-state index contributed by atoms with van der Waals surface area (Å²) in [6.45, 7) is 0.132. The van der Waals surface area contributed by atoms with E-state index >= 15 is 0 Å².